The number of aliphatic hydroxyl groups is 4. The number of hydrogen-bond donors (Lipinski definition) is 4. The lowest BCUT2D eigenvalue weighted by Gasteiger charge is -2.40. The Labute approximate surface area is 70.9 Å². The second kappa shape index (κ2) is 3.68. The van der Waals surface area contributed by atoms with E-state index < -0.39 is 24.4 Å². The van der Waals surface area contributed by atoms with E-state index >= 15 is 0 Å². The van der Waals surface area contributed by atoms with Crippen LogP contribution in [0.25, 0.3) is 0 Å². The summed E-state index contributed by atoms with van der Waals surface area (Å²) in [7, 11) is 1.68. The van der Waals surface area contributed by atoms with Gasteiger partial charge in [0.1, 0.15) is 12.2 Å². The molecule has 0 spiro atoms. The molecule has 0 radical (unpaired) electrons. The first-order chi connectivity index (χ1) is 5.57. The number of β-amino-alcohol motifs (C(OH)–C–C–N with tert-alkyl or cyclic N) is 1. The molecule has 5 nitrogen and oxygen atoms in total. The topological polar surface area (TPSA) is 84.2 Å². The second-order valence-corrected chi connectivity index (χ2v) is 3.24. The summed E-state index contributed by atoms with van der Waals surface area (Å²) in [6.07, 6.45) is -3.17. The Balaban J connectivity index is 2.65. The Bertz CT molecular complexity index is 154. The van der Waals surface area contributed by atoms with Gasteiger partial charge in [0, 0.05) is 6.54 Å². The molecule has 1 rings (SSSR count). The van der Waals surface area contributed by atoms with Crippen LogP contribution in [-0.4, -0.2) is 69.9 Å². The summed E-state index contributed by atoms with van der Waals surface area (Å²) in [5, 5.41) is 36.6. The zero-order chi connectivity index (χ0) is 9.30. The molecule has 0 bridgehead atoms. The van der Waals surface area contributed by atoms with E-state index in [0.29, 0.717) is 0 Å². The zero-order valence-corrected chi connectivity index (χ0v) is 6.96. The van der Waals surface area contributed by atoms with Crippen molar-refractivity contribution in [3.05, 3.63) is 0 Å². The summed E-state index contributed by atoms with van der Waals surface area (Å²) < 4.78 is 0. The minimum absolute atomic E-state index is 0.221. The number of hydrogen-bond acceptors (Lipinski definition) is 5. The van der Waals surface area contributed by atoms with Gasteiger partial charge in [-0.1, -0.05) is 0 Å². The minimum atomic E-state index is -1.15. The third kappa shape index (κ3) is 1.60. The van der Waals surface area contributed by atoms with Crippen LogP contribution in [0.5, 0.6) is 0 Å². The first-order valence-corrected chi connectivity index (χ1v) is 3.93. The summed E-state index contributed by atoms with van der Waals surface area (Å²) in [6.45, 7) is 0.0465. The fourth-order valence-corrected chi connectivity index (χ4v) is 1.50. The Kier molecular flexibility index (Phi) is 3.03. The van der Waals surface area contributed by atoms with Crippen molar-refractivity contribution in [3.63, 3.8) is 0 Å². The summed E-state index contributed by atoms with van der Waals surface area (Å²) in [4.78, 5) is 1.63. The zero-order valence-electron chi connectivity index (χ0n) is 6.96. The summed E-state index contributed by atoms with van der Waals surface area (Å²) in [6, 6.07) is -0.483. The Morgan fingerprint density at radius 1 is 1.25 bits per heavy atom. The average molecular weight is 177 g/mol. The van der Waals surface area contributed by atoms with Gasteiger partial charge in [-0.25, -0.2) is 0 Å². The highest BCUT2D eigenvalue weighted by molar-refractivity contribution is 4.92. The SMILES string of the molecule is CN1C[C@H](O)[C@@H](O)[C@H](O)[C@H]1CO. The van der Waals surface area contributed by atoms with Crippen LogP contribution >= 0.6 is 0 Å². The molecule has 0 aromatic rings. The fraction of sp³-hybridized carbons (Fsp3) is 1.00. The normalized spacial score (nSPS) is 44.8. The maximum absolute atomic E-state index is 9.37. The lowest BCUT2D eigenvalue weighted by Crippen LogP contribution is -2.61. The van der Waals surface area contributed by atoms with Crippen molar-refractivity contribution in [3.8, 4) is 0 Å². The highest BCUT2D eigenvalue weighted by Gasteiger charge is 2.39. The number of piperidine rings is 1. The Morgan fingerprint density at radius 2 is 1.83 bits per heavy atom. The molecule has 4 atom stereocenters. The predicted molar refractivity (Wildman–Crippen MR) is 41.5 cm³/mol. The summed E-state index contributed by atoms with van der Waals surface area (Å²) >= 11 is 0. The van der Waals surface area contributed by atoms with Crippen molar-refractivity contribution in [2.45, 2.75) is 24.4 Å². The van der Waals surface area contributed by atoms with Gasteiger partial charge in [-0.3, -0.25) is 4.90 Å². The van der Waals surface area contributed by atoms with E-state index in [-0.39, 0.29) is 13.2 Å². The largest absolute Gasteiger partial charge is 0.395 e. The maximum atomic E-state index is 9.37. The van der Waals surface area contributed by atoms with Gasteiger partial charge in [-0.05, 0) is 7.05 Å². The van der Waals surface area contributed by atoms with E-state index in [0.717, 1.165) is 0 Å². The molecule has 1 heterocycles. The Morgan fingerprint density at radius 3 is 2.33 bits per heavy atom. The van der Waals surface area contributed by atoms with Crippen LogP contribution in [0.1, 0.15) is 0 Å². The molecule has 12 heavy (non-hydrogen) atoms. The Hall–Kier alpha value is -0.200. The van der Waals surface area contributed by atoms with Crippen LogP contribution in [-0.2, 0) is 0 Å². The van der Waals surface area contributed by atoms with Crippen LogP contribution < -0.4 is 0 Å². The summed E-state index contributed by atoms with van der Waals surface area (Å²) in [5.74, 6) is 0. The summed E-state index contributed by atoms with van der Waals surface area (Å²) in [5.41, 5.74) is 0. The van der Waals surface area contributed by atoms with Gasteiger partial charge >= 0.3 is 0 Å². The van der Waals surface area contributed by atoms with Crippen molar-refractivity contribution in [2.75, 3.05) is 20.2 Å². The van der Waals surface area contributed by atoms with Gasteiger partial charge in [-0.2, -0.15) is 0 Å². The van der Waals surface area contributed by atoms with E-state index in [1.54, 1.807) is 11.9 Å². The lowest BCUT2D eigenvalue weighted by molar-refractivity contribution is -0.138. The smallest absolute Gasteiger partial charge is 0.109 e. The third-order valence-electron chi connectivity index (χ3n) is 2.37. The number of likely N-dealkylation sites (N-methyl/N-ethyl adjacent to an activating group) is 1. The highest BCUT2D eigenvalue weighted by atomic mass is 16.4. The van der Waals surface area contributed by atoms with E-state index in [2.05, 4.69) is 0 Å². The molecule has 0 unspecified atom stereocenters. The van der Waals surface area contributed by atoms with Crippen LogP contribution in [0.3, 0.4) is 0 Å². The van der Waals surface area contributed by atoms with Crippen LogP contribution in [0, 0.1) is 0 Å². The van der Waals surface area contributed by atoms with Gasteiger partial charge in [0.05, 0.1) is 18.8 Å². The molecular weight excluding hydrogens is 162 g/mol. The van der Waals surface area contributed by atoms with Crippen molar-refractivity contribution < 1.29 is 20.4 Å². The van der Waals surface area contributed by atoms with Gasteiger partial charge in [0.25, 0.3) is 0 Å². The monoisotopic (exact) mass is 177 g/mol. The number of aliphatic hydroxyl groups excluding tert-OH is 4. The molecule has 5 heteroatoms. The van der Waals surface area contributed by atoms with Gasteiger partial charge in [-0.15, -0.1) is 0 Å². The first-order valence-electron chi connectivity index (χ1n) is 3.93. The number of nitrogens with zero attached hydrogens (tertiary/aromatic N) is 1. The van der Waals surface area contributed by atoms with E-state index in [4.69, 9.17) is 5.11 Å². The predicted octanol–water partition coefficient (Wildman–Crippen LogP) is -2.62. The van der Waals surface area contributed by atoms with Crippen LogP contribution in [0.15, 0.2) is 0 Å². The molecule has 1 aliphatic heterocycles. The average Bonchev–Trinajstić information content (AvgIpc) is 2.01. The van der Waals surface area contributed by atoms with E-state index in [1.165, 1.54) is 0 Å². The molecule has 0 aromatic carbocycles. The van der Waals surface area contributed by atoms with Crippen molar-refractivity contribution in [1.29, 1.82) is 0 Å². The molecule has 0 saturated carbocycles. The molecule has 1 saturated heterocycles. The second-order valence-electron chi connectivity index (χ2n) is 3.24. The van der Waals surface area contributed by atoms with Crippen molar-refractivity contribution >= 4 is 0 Å². The van der Waals surface area contributed by atoms with E-state index in [9.17, 15) is 15.3 Å². The standard InChI is InChI=1S/C7H15NO4/c1-8-2-5(10)7(12)6(11)4(8)3-9/h4-7,9-12H,2-3H2,1H3/t4-,5+,6-,7-/m1/s1. The first kappa shape index (κ1) is 9.88. The molecule has 4 N–H and O–H groups in total. The third-order valence-corrected chi connectivity index (χ3v) is 2.37. The van der Waals surface area contributed by atoms with Gasteiger partial charge in [0.15, 0.2) is 0 Å². The molecule has 0 amide bonds. The van der Waals surface area contributed by atoms with E-state index in [1.807, 2.05) is 0 Å². The van der Waals surface area contributed by atoms with Crippen molar-refractivity contribution in [1.82, 2.24) is 4.90 Å². The number of rotatable bonds is 1. The molecule has 0 aliphatic carbocycles. The van der Waals surface area contributed by atoms with Gasteiger partial charge in [0.2, 0.25) is 0 Å². The highest BCUT2D eigenvalue weighted by Crippen LogP contribution is 2.16. The molecular formula is C7H15NO4. The maximum Gasteiger partial charge on any atom is 0.109 e. The fourth-order valence-electron chi connectivity index (χ4n) is 1.50. The minimum Gasteiger partial charge on any atom is -0.395 e. The molecule has 72 valence electrons. The number of likely N-dealkylation sites (tertiary alicyclic amines) is 1. The quantitative estimate of drug-likeness (QED) is 0.352. The van der Waals surface area contributed by atoms with Crippen LogP contribution in [0.2, 0.25) is 0 Å². The molecule has 0 aromatic heterocycles. The molecule has 1 aliphatic rings. The van der Waals surface area contributed by atoms with Crippen LogP contribution in [0.4, 0.5) is 0 Å². The molecule has 1 fully saturated rings. The van der Waals surface area contributed by atoms with Crippen molar-refractivity contribution in [2.24, 2.45) is 0 Å². The lowest BCUT2D eigenvalue weighted by atomic mass is 9.95. The van der Waals surface area contributed by atoms with Gasteiger partial charge < -0.3 is 20.4 Å².